The number of fused-ring (bicyclic) bond motifs is 3. The van der Waals surface area contributed by atoms with Crippen LogP contribution in [0.25, 0.3) is 22.3 Å². The van der Waals surface area contributed by atoms with Crippen molar-refractivity contribution in [3.05, 3.63) is 59.3 Å². The van der Waals surface area contributed by atoms with Gasteiger partial charge in [0.05, 0.1) is 6.61 Å². The highest BCUT2D eigenvalue weighted by molar-refractivity contribution is 6.00. The molecule has 3 aliphatic rings. The Morgan fingerprint density at radius 1 is 1.05 bits per heavy atom. The lowest BCUT2D eigenvalue weighted by atomic mass is 10.0. The number of piperidine rings is 1. The van der Waals surface area contributed by atoms with E-state index in [0.717, 1.165) is 75.0 Å². The number of methoxy groups -OCH3 is 1. The van der Waals surface area contributed by atoms with E-state index < -0.39 is 5.83 Å². The van der Waals surface area contributed by atoms with Gasteiger partial charge in [-0.05, 0) is 50.1 Å². The molecule has 0 spiro atoms. The van der Waals surface area contributed by atoms with Gasteiger partial charge in [-0.1, -0.05) is 42.5 Å². The summed E-state index contributed by atoms with van der Waals surface area (Å²) in [5.41, 5.74) is 1.75. The lowest BCUT2D eigenvalue weighted by Gasteiger charge is -2.35. The fraction of sp³-hybridized carbons (Fsp3) is 0.469. The Morgan fingerprint density at radius 2 is 1.78 bits per heavy atom. The van der Waals surface area contributed by atoms with Crippen LogP contribution in [0.4, 0.5) is 10.2 Å². The highest BCUT2D eigenvalue weighted by Gasteiger charge is 2.35. The Balaban J connectivity index is 1.38. The summed E-state index contributed by atoms with van der Waals surface area (Å²) in [5, 5.41) is 5.60. The van der Waals surface area contributed by atoms with Crippen molar-refractivity contribution in [2.75, 3.05) is 51.3 Å². The van der Waals surface area contributed by atoms with Crippen LogP contribution in [-0.4, -0.2) is 86.2 Å². The topological polar surface area (TPSA) is 75.1 Å². The molecule has 41 heavy (non-hydrogen) atoms. The van der Waals surface area contributed by atoms with Crippen molar-refractivity contribution < 1.29 is 13.9 Å². The van der Waals surface area contributed by atoms with Gasteiger partial charge in [0.1, 0.15) is 23.3 Å². The van der Waals surface area contributed by atoms with Crippen LogP contribution in [0.1, 0.15) is 42.5 Å². The minimum Gasteiger partial charge on any atom is -0.460 e. The number of rotatable bonds is 9. The van der Waals surface area contributed by atoms with E-state index in [2.05, 4.69) is 31.8 Å². The van der Waals surface area contributed by atoms with Crippen LogP contribution >= 0.6 is 0 Å². The SMILES string of the molecule is C=N/C(=C(/F)c1nc(OC2CCN(CCOC)CC2)nc(N2CC3CCC(C2)N3)c1C)c1cccc2ccccc12. The van der Waals surface area contributed by atoms with Crippen molar-refractivity contribution in [3.63, 3.8) is 0 Å². The molecule has 1 aromatic heterocycles. The van der Waals surface area contributed by atoms with Gasteiger partial charge in [-0.25, -0.2) is 4.39 Å². The first-order chi connectivity index (χ1) is 20.0. The van der Waals surface area contributed by atoms with Crippen molar-refractivity contribution in [1.29, 1.82) is 0 Å². The molecule has 0 amide bonds. The number of hydrogen-bond acceptors (Lipinski definition) is 8. The van der Waals surface area contributed by atoms with Crippen LogP contribution in [0.2, 0.25) is 0 Å². The Hall–Kier alpha value is -3.40. The predicted octanol–water partition coefficient (Wildman–Crippen LogP) is 4.86. The second-order valence-electron chi connectivity index (χ2n) is 11.3. The first kappa shape index (κ1) is 27.8. The maximum atomic E-state index is 16.7. The maximum absolute atomic E-state index is 16.7. The van der Waals surface area contributed by atoms with Crippen molar-refractivity contribution in [2.45, 2.75) is 50.8 Å². The minimum atomic E-state index is -0.519. The number of ether oxygens (including phenoxy) is 2. The van der Waals surface area contributed by atoms with E-state index in [1.165, 1.54) is 0 Å². The quantitative estimate of drug-likeness (QED) is 0.376. The molecule has 3 fully saturated rings. The Morgan fingerprint density at radius 3 is 2.51 bits per heavy atom. The summed E-state index contributed by atoms with van der Waals surface area (Å²) in [7, 11) is 1.73. The molecule has 4 heterocycles. The van der Waals surface area contributed by atoms with E-state index in [-0.39, 0.29) is 23.5 Å². The van der Waals surface area contributed by atoms with Gasteiger partial charge in [0.15, 0.2) is 5.83 Å². The Bertz CT molecular complexity index is 1420. The number of benzene rings is 2. The lowest BCUT2D eigenvalue weighted by molar-refractivity contribution is 0.0745. The summed E-state index contributed by atoms with van der Waals surface area (Å²) in [6.45, 7) is 10.8. The molecule has 3 aromatic rings. The summed E-state index contributed by atoms with van der Waals surface area (Å²) in [6.07, 6.45) is 3.97. The largest absolute Gasteiger partial charge is 0.460 e. The molecule has 9 heteroatoms. The van der Waals surface area contributed by atoms with Gasteiger partial charge in [0.25, 0.3) is 0 Å². The van der Waals surface area contributed by atoms with Gasteiger partial charge in [-0.2, -0.15) is 9.97 Å². The summed E-state index contributed by atoms with van der Waals surface area (Å²) < 4.78 is 28.3. The number of piperazine rings is 1. The van der Waals surface area contributed by atoms with Crippen LogP contribution in [0, 0.1) is 6.92 Å². The van der Waals surface area contributed by atoms with Crippen LogP contribution in [0.15, 0.2) is 47.5 Å². The van der Waals surface area contributed by atoms with Gasteiger partial charge in [-0.15, -0.1) is 0 Å². The molecule has 0 saturated carbocycles. The van der Waals surface area contributed by atoms with Crippen molar-refractivity contribution in [2.24, 2.45) is 4.99 Å². The van der Waals surface area contributed by atoms with E-state index in [4.69, 9.17) is 14.5 Å². The van der Waals surface area contributed by atoms with Crippen molar-refractivity contribution >= 4 is 34.8 Å². The molecule has 2 unspecified atom stereocenters. The highest BCUT2D eigenvalue weighted by Crippen LogP contribution is 2.37. The van der Waals surface area contributed by atoms with E-state index in [1.807, 2.05) is 49.4 Å². The van der Waals surface area contributed by atoms with Crippen LogP contribution in [0.3, 0.4) is 0 Å². The molecule has 0 radical (unpaired) electrons. The monoisotopic (exact) mass is 558 g/mol. The summed E-state index contributed by atoms with van der Waals surface area (Å²) >= 11 is 0. The van der Waals surface area contributed by atoms with Crippen molar-refractivity contribution in [1.82, 2.24) is 20.2 Å². The molecule has 2 bridgehead atoms. The molecule has 3 saturated heterocycles. The number of hydrogen-bond donors (Lipinski definition) is 1. The first-order valence-electron chi connectivity index (χ1n) is 14.7. The molecule has 0 aliphatic carbocycles. The molecule has 2 atom stereocenters. The second kappa shape index (κ2) is 12.2. The summed E-state index contributed by atoms with van der Waals surface area (Å²) in [5.74, 6) is 0.215. The smallest absolute Gasteiger partial charge is 0.319 e. The van der Waals surface area contributed by atoms with Gasteiger partial charge >= 0.3 is 6.01 Å². The lowest BCUT2D eigenvalue weighted by Crippen LogP contribution is -2.51. The van der Waals surface area contributed by atoms with Crippen molar-refractivity contribution in [3.8, 4) is 6.01 Å². The zero-order valence-electron chi connectivity index (χ0n) is 24.0. The van der Waals surface area contributed by atoms with Gasteiger partial charge in [-0.3, -0.25) is 4.99 Å². The number of aromatic nitrogens is 2. The molecule has 1 N–H and O–H groups in total. The number of nitrogens with zero attached hydrogens (tertiary/aromatic N) is 5. The van der Waals surface area contributed by atoms with Crippen LogP contribution in [-0.2, 0) is 4.74 Å². The predicted molar refractivity (Wildman–Crippen MR) is 162 cm³/mol. The normalized spacial score (nSPS) is 22.2. The summed E-state index contributed by atoms with van der Waals surface area (Å²) in [4.78, 5) is 18.4. The molecule has 8 nitrogen and oxygen atoms in total. The zero-order valence-corrected chi connectivity index (χ0v) is 24.0. The fourth-order valence-electron chi connectivity index (χ4n) is 6.47. The second-order valence-corrected chi connectivity index (χ2v) is 11.3. The van der Waals surface area contributed by atoms with Gasteiger partial charge < -0.3 is 24.6 Å². The molecular formula is C32H39FN6O2. The number of nitrogens with one attached hydrogen (secondary N) is 1. The van der Waals surface area contributed by atoms with E-state index in [9.17, 15) is 0 Å². The third-order valence-corrected chi connectivity index (χ3v) is 8.65. The highest BCUT2D eigenvalue weighted by atomic mass is 19.1. The molecule has 3 aliphatic heterocycles. The zero-order chi connectivity index (χ0) is 28.3. The Kier molecular flexibility index (Phi) is 8.27. The number of anilines is 1. The average molecular weight is 559 g/mol. The van der Waals surface area contributed by atoms with Gasteiger partial charge in [0.2, 0.25) is 0 Å². The van der Waals surface area contributed by atoms with E-state index in [1.54, 1.807) is 7.11 Å². The number of halogens is 1. The molecule has 2 aromatic carbocycles. The third kappa shape index (κ3) is 5.84. The first-order valence-corrected chi connectivity index (χ1v) is 14.7. The molecule has 6 rings (SSSR count). The van der Waals surface area contributed by atoms with Gasteiger partial charge in [0, 0.05) is 63.0 Å². The number of likely N-dealkylation sites (tertiary alicyclic amines) is 1. The standard InChI is InChI=1S/C32H39FN6O2/c1-21-29(28(33)30(34-2)27-10-6-8-22-7-4-5-9-26(22)27)36-32(41-25-13-15-38(16-14-25)17-18-40-3)37-31(21)39-19-23-11-12-24(20-39)35-23/h4-10,23-25,35H,2,11-20H2,1,3H3/b30-28+. The molecular weight excluding hydrogens is 519 g/mol. The fourth-order valence-corrected chi connectivity index (χ4v) is 6.47. The summed E-state index contributed by atoms with van der Waals surface area (Å²) in [6, 6.07) is 14.8. The van der Waals surface area contributed by atoms with Crippen LogP contribution < -0.4 is 15.0 Å². The Labute approximate surface area is 241 Å². The average Bonchev–Trinajstić information content (AvgIpc) is 3.34. The number of aliphatic imine (C=N–C) groups is 1. The maximum Gasteiger partial charge on any atom is 0.319 e. The van der Waals surface area contributed by atoms with E-state index in [0.29, 0.717) is 29.8 Å². The molecule has 216 valence electrons. The van der Waals surface area contributed by atoms with Crippen LogP contribution in [0.5, 0.6) is 6.01 Å². The third-order valence-electron chi connectivity index (χ3n) is 8.65. The van der Waals surface area contributed by atoms with E-state index >= 15 is 4.39 Å². The minimum absolute atomic E-state index is 0.0292.